The van der Waals surface area contributed by atoms with E-state index in [1.54, 1.807) is 18.2 Å². The Morgan fingerprint density at radius 1 is 1.25 bits per heavy atom. The van der Waals surface area contributed by atoms with Crippen molar-refractivity contribution < 1.29 is 17.9 Å². The summed E-state index contributed by atoms with van der Waals surface area (Å²) in [6.45, 7) is 1.81. The average Bonchev–Trinajstić information content (AvgIpc) is 2.54. The Labute approximate surface area is 148 Å². The lowest BCUT2D eigenvalue weighted by molar-refractivity contribution is -0.118. The van der Waals surface area contributed by atoms with E-state index in [0.717, 1.165) is 12.0 Å². The van der Waals surface area contributed by atoms with Crippen LogP contribution in [-0.2, 0) is 21.2 Å². The number of carbonyl (C=O) groups is 1. The maximum Gasteiger partial charge on any atom is 0.265 e. The lowest BCUT2D eigenvalue weighted by atomic mass is 10.2. The zero-order valence-electron chi connectivity index (χ0n) is 12.8. The first-order chi connectivity index (χ1) is 11.4. The highest BCUT2D eigenvalue weighted by atomic mass is 79.9. The van der Waals surface area contributed by atoms with Gasteiger partial charge in [0.15, 0.2) is 12.4 Å². The van der Waals surface area contributed by atoms with Crippen LogP contribution in [0.2, 0.25) is 0 Å². The molecule has 0 spiro atoms. The van der Waals surface area contributed by atoms with Crippen molar-refractivity contribution >= 4 is 43.2 Å². The number of benzene rings is 2. The average molecular weight is 411 g/mol. The maximum atomic E-state index is 12.7. The fraction of sp³-hybridized carbons (Fsp3) is 0.188. The summed E-state index contributed by atoms with van der Waals surface area (Å²) in [5.74, 6) is -0.192. The maximum absolute atomic E-state index is 12.7. The molecule has 0 aliphatic carbocycles. The molecular weight excluding hydrogens is 396 g/mol. The van der Waals surface area contributed by atoms with E-state index < -0.39 is 10.0 Å². The molecule has 0 radical (unpaired) electrons. The number of rotatable bonds is 4. The quantitative estimate of drug-likeness (QED) is 0.810. The highest BCUT2D eigenvalue weighted by Gasteiger charge is 2.27. The monoisotopic (exact) mass is 410 g/mol. The summed E-state index contributed by atoms with van der Waals surface area (Å²) in [6.07, 6.45) is 0.875. The molecule has 0 unspecified atom stereocenters. The van der Waals surface area contributed by atoms with Crippen molar-refractivity contribution in [1.29, 1.82) is 0 Å². The van der Waals surface area contributed by atoms with Gasteiger partial charge in [-0.3, -0.25) is 9.52 Å². The van der Waals surface area contributed by atoms with Crippen LogP contribution >= 0.6 is 15.9 Å². The van der Waals surface area contributed by atoms with Crippen molar-refractivity contribution in [3.05, 3.63) is 46.4 Å². The van der Waals surface area contributed by atoms with Gasteiger partial charge in [0.1, 0.15) is 4.90 Å². The normalized spacial score (nSPS) is 13.7. The van der Waals surface area contributed by atoms with Crippen molar-refractivity contribution in [2.45, 2.75) is 18.2 Å². The van der Waals surface area contributed by atoms with E-state index in [1.807, 2.05) is 19.1 Å². The minimum absolute atomic E-state index is 0.0357. The fourth-order valence-electron chi connectivity index (χ4n) is 2.35. The minimum Gasteiger partial charge on any atom is -0.480 e. The van der Waals surface area contributed by atoms with Crippen molar-refractivity contribution in [2.24, 2.45) is 0 Å². The molecule has 126 valence electrons. The van der Waals surface area contributed by atoms with E-state index in [-0.39, 0.29) is 23.2 Å². The number of carbonyl (C=O) groups excluding carboxylic acids is 1. The first-order valence-electron chi connectivity index (χ1n) is 7.27. The predicted octanol–water partition coefficient (Wildman–Crippen LogP) is 3.14. The molecule has 1 aliphatic rings. The van der Waals surface area contributed by atoms with Gasteiger partial charge in [0.25, 0.3) is 15.9 Å². The van der Waals surface area contributed by atoms with Gasteiger partial charge in [0, 0.05) is 10.2 Å². The molecule has 2 N–H and O–H groups in total. The SMILES string of the molecule is CCc1ccc(NS(=O)(=O)c2cc(Br)cc3c2OCC(=O)N3)cc1. The summed E-state index contributed by atoms with van der Waals surface area (Å²) in [7, 11) is -3.87. The van der Waals surface area contributed by atoms with E-state index in [0.29, 0.717) is 15.8 Å². The Balaban J connectivity index is 1.98. The number of hydrogen-bond acceptors (Lipinski definition) is 4. The lowest BCUT2D eigenvalue weighted by Gasteiger charge is -2.21. The summed E-state index contributed by atoms with van der Waals surface area (Å²) in [5.41, 5.74) is 1.90. The van der Waals surface area contributed by atoms with Gasteiger partial charge < -0.3 is 10.1 Å². The van der Waals surface area contributed by atoms with Gasteiger partial charge in [-0.05, 0) is 36.2 Å². The lowest BCUT2D eigenvalue weighted by Crippen LogP contribution is -2.27. The molecule has 3 rings (SSSR count). The van der Waals surface area contributed by atoms with E-state index in [1.165, 1.54) is 6.07 Å². The molecule has 0 atom stereocenters. The van der Waals surface area contributed by atoms with Gasteiger partial charge in [-0.25, -0.2) is 8.42 Å². The topological polar surface area (TPSA) is 84.5 Å². The van der Waals surface area contributed by atoms with E-state index in [9.17, 15) is 13.2 Å². The number of fused-ring (bicyclic) bond motifs is 1. The van der Waals surface area contributed by atoms with Crippen LogP contribution in [0.3, 0.4) is 0 Å². The molecule has 1 aliphatic heterocycles. The van der Waals surface area contributed by atoms with Crippen LogP contribution in [0.5, 0.6) is 5.75 Å². The number of ether oxygens (including phenoxy) is 1. The zero-order chi connectivity index (χ0) is 17.3. The summed E-state index contributed by atoms with van der Waals surface area (Å²) in [6, 6.07) is 10.2. The Bertz CT molecular complexity index is 895. The van der Waals surface area contributed by atoms with Gasteiger partial charge in [0.2, 0.25) is 0 Å². The van der Waals surface area contributed by atoms with Crippen molar-refractivity contribution in [3.63, 3.8) is 0 Å². The van der Waals surface area contributed by atoms with Gasteiger partial charge >= 0.3 is 0 Å². The smallest absolute Gasteiger partial charge is 0.265 e. The molecule has 0 aromatic heterocycles. The van der Waals surface area contributed by atoms with Gasteiger partial charge in [-0.2, -0.15) is 0 Å². The molecular formula is C16H15BrN2O4S. The van der Waals surface area contributed by atoms with Crippen LogP contribution in [0.4, 0.5) is 11.4 Å². The fourth-order valence-corrected chi connectivity index (χ4v) is 4.21. The van der Waals surface area contributed by atoms with E-state index in [2.05, 4.69) is 26.0 Å². The number of hydrogen-bond donors (Lipinski definition) is 2. The van der Waals surface area contributed by atoms with Crippen LogP contribution < -0.4 is 14.8 Å². The standard InChI is InChI=1S/C16H15BrN2O4S/c1-2-10-3-5-12(6-4-10)19-24(21,22)14-8-11(17)7-13-16(14)23-9-15(20)18-13/h3-8,19H,2,9H2,1H3,(H,18,20). The van der Waals surface area contributed by atoms with Gasteiger partial charge in [-0.15, -0.1) is 0 Å². The molecule has 0 fully saturated rings. The molecule has 2 aromatic rings. The van der Waals surface area contributed by atoms with Gasteiger partial charge in [0.05, 0.1) is 5.69 Å². The first kappa shape index (κ1) is 16.8. The van der Waals surface area contributed by atoms with Crippen LogP contribution in [0.15, 0.2) is 45.8 Å². The molecule has 0 bridgehead atoms. The summed E-state index contributed by atoms with van der Waals surface area (Å²) >= 11 is 3.26. The Morgan fingerprint density at radius 2 is 1.96 bits per heavy atom. The van der Waals surface area contributed by atoms with Crippen molar-refractivity contribution in [3.8, 4) is 5.75 Å². The van der Waals surface area contributed by atoms with Crippen LogP contribution in [0.1, 0.15) is 12.5 Å². The first-order valence-corrected chi connectivity index (χ1v) is 9.54. The minimum atomic E-state index is -3.87. The predicted molar refractivity (Wildman–Crippen MR) is 94.9 cm³/mol. The number of aryl methyl sites for hydroxylation is 1. The van der Waals surface area contributed by atoms with Crippen LogP contribution in [-0.4, -0.2) is 20.9 Å². The summed E-state index contributed by atoms with van der Waals surface area (Å²) in [4.78, 5) is 11.4. The molecule has 2 aromatic carbocycles. The Hall–Kier alpha value is -2.06. The highest BCUT2D eigenvalue weighted by Crippen LogP contribution is 2.38. The number of halogens is 1. The zero-order valence-corrected chi connectivity index (χ0v) is 15.2. The third-order valence-electron chi connectivity index (χ3n) is 3.55. The molecule has 24 heavy (non-hydrogen) atoms. The third-order valence-corrected chi connectivity index (χ3v) is 5.39. The summed E-state index contributed by atoms with van der Waals surface area (Å²) < 4.78 is 33.9. The number of amides is 1. The van der Waals surface area contributed by atoms with Crippen LogP contribution in [0, 0.1) is 0 Å². The molecule has 6 nitrogen and oxygen atoms in total. The largest absolute Gasteiger partial charge is 0.480 e. The second-order valence-electron chi connectivity index (χ2n) is 5.27. The number of sulfonamides is 1. The van der Waals surface area contributed by atoms with Crippen molar-refractivity contribution in [1.82, 2.24) is 0 Å². The summed E-state index contributed by atoms with van der Waals surface area (Å²) in [5, 5.41) is 2.61. The molecule has 8 heteroatoms. The highest BCUT2D eigenvalue weighted by molar-refractivity contribution is 9.10. The number of nitrogens with one attached hydrogen (secondary N) is 2. The second-order valence-corrected chi connectivity index (χ2v) is 7.84. The second kappa shape index (κ2) is 6.45. The molecule has 1 amide bonds. The molecule has 0 saturated heterocycles. The number of anilines is 2. The molecule has 0 saturated carbocycles. The van der Waals surface area contributed by atoms with Gasteiger partial charge in [-0.1, -0.05) is 35.0 Å². The van der Waals surface area contributed by atoms with Crippen LogP contribution in [0.25, 0.3) is 0 Å². The Kier molecular flexibility index (Phi) is 4.51. The van der Waals surface area contributed by atoms with Crippen molar-refractivity contribution in [2.75, 3.05) is 16.6 Å². The van der Waals surface area contributed by atoms with E-state index >= 15 is 0 Å². The molecule has 1 heterocycles. The third kappa shape index (κ3) is 3.39. The van der Waals surface area contributed by atoms with E-state index in [4.69, 9.17) is 4.74 Å². The Morgan fingerprint density at radius 3 is 2.62 bits per heavy atom.